The minimum atomic E-state index is -0.0332. The maximum Gasteiger partial charge on any atom is 0.118 e. The predicted molar refractivity (Wildman–Crippen MR) is 447 cm³/mol. The molecule has 0 amide bonds. The maximum absolute atomic E-state index is 9.38. The first kappa shape index (κ1) is 90.9. The number of methoxy groups -OCH3 is 2. The minimum Gasteiger partial charge on any atom is -0.497 e. The molecule has 0 aromatic heterocycles. The number of aliphatic hydroxyl groups excluding tert-OH is 2. The van der Waals surface area contributed by atoms with Gasteiger partial charge in [-0.1, -0.05) is 167 Å². The summed E-state index contributed by atoms with van der Waals surface area (Å²) in [5.74, 6) is 13.9. The first-order chi connectivity index (χ1) is 54.6. The molecule has 0 aliphatic heterocycles. The van der Waals surface area contributed by atoms with E-state index in [0.717, 1.165) is 180 Å². The molecule has 15 fully saturated rings. The molecule has 113 heavy (non-hydrogen) atoms. The molecule has 6 N–H and O–H groups in total. The summed E-state index contributed by atoms with van der Waals surface area (Å²) in [5.41, 5.74) is 16.7. The Hall–Kier alpha value is -6.03. The van der Waals surface area contributed by atoms with Gasteiger partial charge in [-0.25, -0.2) is 0 Å². The molecule has 0 saturated heterocycles. The Morgan fingerprint density at radius 1 is 0.363 bits per heavy atom. The van der Waals surface area contributed by atoms with Gasteiger partial charge in [0.05, 0.1) is 97.5 Å². The second-order valence-electron chi connectivity index (χ2n) is 39.5. The van der Waals surface area contributed by atoms with E-state index < -0.39 is 0 Å². The van der Waals surface area contributed by atoms with Crippen molar-refractivity contribution in [2.45, 2.75) is 298 Å². The maximum atomic E-state index is 9.38. The molecule has 15 aliphatic rings. The normalized spacial score (nSPS) is 33.8. The number of hydrogen-bond acceptors (Lipinski definition) is 15. The van der Waals surface area contributed by atoms with Crippen molar-refractivity contribution in [1.29, 1.82) is 36.8 Å². The van der Waals surface area contributed by atoms with Gasteiger partial charge in [0.1, 0.15) is 11.5 Å². The smallest absolute Gasteiger partial charge is 0.118 e. The van der Waals surface area contributed by atoms with Crippen molar-refractivity contribution >= 4 is 0 Å². The second kappa shape index (κ2) is 44.0. The van der Waals surface area contributed by atoms with E-state index in [2.05, 4.69) is 76.8 Å². The first-order valence-corrected chi connectivity index (χ1v) is 45.2. The van der Waals surface area contributed by atoms with Crippen molar-refractivity contribution in [3.63, 3.8) is 0 Å². The lowest BCUT2D eigenvalue weighted by atomic mass is 9.59. The van der Waals surface area contributed by atoms with Crippen LogP contribution in [0.3, 0.4) is 0 Å². The van der Waals surface area contributed by atoms with Crippen LogP contribution in [-0.2, 0) is 22.7 Å². The summed E-state index contributed by atoms with van der Waals surface area (Å²) in [6, 6.07) is 32.6. The topological polar surface area (TPSA) is 296 Å². The Bertz CT molecular complexity index is 3320. The Labute approximate surface area is 684 Å². The van der Waals surface area contributed by atoms with Crippen LogP contribution in [0.5, 0.6) is 11.5 Å². The molecule has 0 unspecified atom stereocenters. The lowest BCUT2D eigenvalue weighted by Crippen LogP contribution is -2.43. The number of rotatable bonds is 30. The van der Waals surface area contributed by atoms with Gasteiger partial charge in [-0.05, 0) is 296 Å². The molecule has 2 aromatic carbocycles. The fourth-order valence-electron chi connectivity index (χ4n) is 20.2. The number of aliphatic hydroxyl groups is 2. The van der Waals surface area contributed by atoms with Crippen LogP contribution in [0.25, 0.3) is 0 Å². The van der Waals surface area contributed by atoms with Crippen LogP contribution >= 0.6 is 0 Å². The van der Waals surface area contributed by atoms with Gasteiger partial charge in [0.15, 0.2) is 0 Å². The summed E-state index contributed by atoms with van der Waals surface area (Å²) in [6.07, 6.45) is 49.7. The van der Waals surface area contributed by atoms with Crippen molar-refractivity contribution in [2.75, 3.05) is 53.7 Å². The van der Waals surface area contributed by atoms with Gasteiger partial charge in [-0.2, -0.15) is 36.8 Å². The largest absolute Gasteiger partial charge is 0.497 e. The summed E-state index contributed by atoms with van der Waals surface area (Å²) >= 11 is 0. The molecule has 15 nitrogen and oxygen atoms in total. The Morgan fingerprint density at radius 3 is 0.885 bits per heavy atom. The van der Waals surface area contributed by atoms with Crippen molar-refractivity contribution < 1.29 is 29.2 Å². The fourth-order valence-corrected chi connectivity index (χ4v) is 20.2. The first-order valence-electron chi connectivity index (χ1n) is 45.2. The quantitative estimate of drug-likeness (QED) is 0.0529. The number of allylic oxidation sites excluding steroid dienone is 1. The van der Waals surface area contributed by atoms with Crippen molar-refractivity contribution in [1.82, 2.24) is 0 Å². The summed E-state index contributed by atoms with van der Waals surface area (Å²) in [7, 11) is 3.33. The highest BCUT2D eigenvalue weighted by Crippen LogP contribution is 2.59. The van der Waals surface area contributed by atoms with E-state index in [1.54, 1.807) is 14.2 Å². The van der Waals surface area contributed by atoms with Crippen molar-refractivity contribution in [3.05, 3.63) is 71.8 Å². The van der Waals surface area contributed by atoms with Gasteiger partial charge in [-0.15, -0.1) is 0 Å². The lowest BCUT2D eigenvalue weighted by molar-refractivity contribution is 0.00340. The number of nitrogens with two attached hydrogens (primary N) is 2. The Kier molecular flexibility index (Phi) is 35.4. The second-order valence-corrected chi connectivity index (χ2v) is 39.5. The van der Waals surface area contributed by atoms with Crippen LogP contribution in [0.2, 0.25) is 0 Å². The fraction of sp³-hybridized carbons (Fsp3) is 0.786. The van der Waals surface area contributed by atoms with E-state index in [-0.39, 0.29) is 46.7 Å². The molecule has 0 atom stereocenters. The van der Waals surface area contributed by atoms with E-state index >= 15 is 0 Å². The number of nitriles is 7. The van der Waals surface area contributed by atoms with Crippen molar-refractivity contribution in [3.8, 4) is 54.0 Å². The molecule has 17 rings (SSSR count). The van der Waals surface area contributed by atoms with E-state index in [1.807, 2.05) is 48.5 Å². The Balaban J connectivity index is 0.000000148. The number of nitrogens with zero attached hydrogens (tertiary/aromatic N) is 7. The molecule has 0 spiro atoms. The van der Waals surface area contributed by atoms with Crippen molar-refractivity contribution in [2.24, 2.45) is 145 Å². The summed E-state index contributed by atoms with van der Waals surface area (Å²) in [4.78, 5) is 0. The van der Waals surface area contributed by atoms with Gasteiger partial charge in [0.25, 0.3) is 0 Å². The number of hydrogen-bond donors (Lipinski definition) is 4. The van der Waals surface area contributed by atoms with Crippen LogP contribution < -0.4 is 20.9 Å². The highest BCUT2D eigenvalue weighted by atomic mass is 16.5. The van der Waals surface area contributed by atoms with E-state index in [9.17, 15) is 5.26 Å². The third kappa shape index (κ3) is 29.2. The minimum absolute atomic E-state index is 0.0185. The highest BCUT2D eigenvalue weighted by Gasteiger charge is 2.51. The van der Waals surface area contributed by atoms with Crippen LogP contribution in [0.15, 0.2) is 60.7 Å². The molecule has 620 valence electrons. The summed E-state index contributed by atoms with van der Waals surface area (Å²) in [5, 5.41) is 79.0. The van der Waals surface area contributed by atoms with E-state index in [4.69, 9.17) is 72.2 Å². The molecule has 15 aliphatic carbocycles. The SMILES string of the molecule is C=C1CC(C#N)C1.CCC1CC(C#N)(CC2CC2)C1.CCC1CC(C#N)(CC2CC2)C1.CCC1CC(CN)(CC2CC2)C1.CCC1CC(CN)(CC2CC2)C1.COc1ccc(COCC2CC(C#N)(CC3CC3)C2)cc1.COc1ccc(COCC2CC(C#N)C2)cc1.N#CC1(CC2CC2)CC(CO)C1.N#CC1CC(CO)C1. The molecule has 15 heteroatoms. The third-order valence-electron chi connectivity index (χ3n) is 29.0. The predicted octanol–water partition coefficient (Wildman–Crippen LogP) is 21.7. The monoisotopic (exact) mass is 1550 g/mol. The number of benzene rings is 2. The highest BCUT2D eigenvalue weighted by molar-refractivity contribution is 5.28. The van der Waals surface area contributed by atoms with Crippen LogP contribution in [-0.4, -0.2) is 63.9 Å². The van der Waals surface area contributed by atoms with Gasteiger partial charge in [-0.3, -0.25) is 0 Å². The molecule has 2 aromatic rings. The van der Waals surface area contributed by atoms with E-state index in [0.29, 0.717) is 53.6 Å². The lowest BCUT2D eigenvalue weighted by Gasteiger charge is -2.47. The van der Waals surface area contributed by atoms with Crippen LogP contribution in [0.1, 0.15) is 296 Å². The average molecular weight is 1550 g/mol. The molecule has 0 radical (unpaired) electrons. The zero-order valence-electron chi connectivity index (χ0n) is 70.9. The number of ether oxygens (including phenoxy) is 4. The van der Waals surface area contributed by atoms with Gasteiger partial charge >= 0.3 is 0 Å². The molecular weight excluding hydrogens is 1400 g/mol. The molecule has 0 bridgehead atoms. The average Bonchev–Trinajstić information content (AvgIpc) is 1.72. The van der Waals surface area contributed by atoms with Crippen LogP contribution in [0, 0.1) is 212 Å². The molecular formula is C98H147N9O6. The van der Waals surface area contributed by atoms with Gasteiger partial charge in [0.2, 0.25) is 0 Å². The summed E-state index contributed by atoms with van der Waals surface area (Å²) in [6.45, 7) is 18.0. The van der Waals surface area contributed by atoms with Gasteiger partial charge < -0.3 is 40.6 Å². The van der Waals surface area contributed by atoms with E-state index in [1.165, 1.54) is 191 Å². The summed E-state index contributed by atoms with van der Waals surface area (Å²) < 4.78 is 21.7. The van der Waals surface area contributed by atoms with Gasteiger partial charge in [0, 0.05) is 38.3 Å². The zero-order chi connectivity index (χ0) is 81.1. The Morgan fingerprint density at radius 2 is 0.637 bits per heavy atom. The zero-order valence-corrected chi connectivity index (χ0v) is 70.9. The third-order valence-corrected chi connectivity index (χ3v) is 29.0. The molecule has 0 heterocycles. The molecule has 15 saturated carbocycles. The standard InChI is InChI=1S/C18H23NO2.C14H17NO2.2C11H21N.2C11H17N.C10H15NO.C6H9NO.C6H7N/c1-20-17-6-4-15(5-7-17)11-21-12-16-9-18(10-16,13-19)8-14-2-3-14;1-16-14-4-2-11(3-5-14)9-17-10-13-6-12(7-13)8-15;4*1-2-9-5-11(6-9,8-12)7-10-3-4-10;11-7-10(3-8-1-2-8)4-9(5-10)6-12;7-3-5-1-6(2-5)4-8;1-5-2-6(3-5)4-7/h4-7,14,16H,2-3,8-12H2,1H3;2-5,12-13H,6-7,9-10H2,1H3;2*9-10H,2-8,12H2,1H3;2*9-10H,2-7H2,1H3;8-9,12H,1-6H2;5-6,8H,1-2,4H2;6H,1-3H2. The van der Waals surface area contributed by atoms with Crippen LogP contribution in [0.4, 0.5) is 0 Å².